The van der Waals surface area contributed by atoms with Crippen LogP contribution in [0.15, 0.2) is 72.4 Å². The van der Waals surface area contributed by atoms with Crippen LogP contribution in [0.25, 0.3) is 22.2 Å². The maximum Gasteiger partial charge on any atom is 0.150 e. The van der Waals surface area contributed by atoms with E-state index >= 15 is 0 Å². The fraction of sp³-hybridized carbons (Fsp3) is 0.500. The van der Waals surface area contributed by atoms with E-state index in [1.54, 1.807) is 6.33 Å². The standard InChI is InChI=1S/C27H29N5O.C7H14O.C2H6/c1-5-17(15-33)26(21(6-2)18-7-8-18)24-12-25(31(3)4)27-30-22-10-9-19(11-23(22)32(24)27)20-13-28-16-29-14-20;1-2-3-6-4-7(8)5-6;1-2/h5-6,9-11,13-16,18,24-25H,2,7-8,12H2,1,3-4H3;6-8H,2-5H2,1H3;1-2H3/b17-5-,26-21-;;. The molecule has 1 aliphatic heterocycles. The van der Waals surface area contributed by atoms with Crippen molar-refractivity contribution < 1.29 is 9.90 Å². The molecule has 2 aromatic heterocycles. The summed E-state index contributed by atoms with van der Waals surface area (Å²) in [5.74, 6) is 2.38. The Kier molecular flexibility index (Phi) is 11.2. The lowest BCUT2D eigenvalue weighted by Crippen LogP contribution is -2.27. The quantitative estimate of drug-likeness (QED) is 0.158. The molecule has 230 valence electrons. The summed E-state index contributed by atoms with van der Waals surface area (Å²) in [6.07, 6.45) is 18.0. The topological polar surface area (TPSA) is 84.1 Å². The van der Waals surface area contributed by atoms with Gasteiger partial charge in [0, 0.05) is 23.5 Å². The summed E-state index contributed by atoms with van der Waals surface area (Å²) in [6.45, 7) is 12.3. The zero-order valence-corrected chi connectivity index (χ0v) is 26.8. The van der Waals surface area contributed by atoms with E-state index in [4.69, 9.17) is 10.1 Å². The molecule has 2 aliphatic carbocycles. The number of rotatable bonds is 9. The number of aromatic nitrogens is 4. The molecule has 2 unspecified atom stereocenters. The van der Waals surface area contributed by atoms with E-state index in [0.717, 1.165) is 83.4 Å². The summed E-state index contributed by atoms with van der Waals surface area (Å²) in [6, 6.07) is 6.50. The van der Waals surface area contributed by atoms with Gasteiger partial charge < -0.3 is 9.67 Å². The van der Waals surface area contributed by atoms with Gasteiger partial charge in [-0.3, -0.25) is 9.69 Å². The smallest absolute Gasteiger partial charge is 0.150 e. The molecule has 0 amide bonds. The van der Waals surface area contributed by atoms with Crippen LogP contribution in [0.4, 0.5) is 0 Å². The Hall–Kier alpha value is -3.42. The van der Waals surface area contributed by atoms with Crippen LogP contribution in [0.3, 0.4) is 0 Å². The van der Waals surface area contributed by atoms with Gasteiger partial charge in [0.1, 0.15) is 18.4 Å². The number of hydrogen-bond acceptors (Lipinski definition) is 6. The van der Waals surface area contributed by atoms with Crippen molar-refractivity contribution in [3.8, 4) is 11.1 Å². The van der Waals surface area contributed by atoms with Crippen LogP contribution in [0.1, 0.15) is 90.5 Å². The van der Waals surface area contributed by atoms with Gasteiger partial charge >= 0.3 is 0 Å². The van der Waals surface area contributed by atoms with Crippen molar-refractivity contribution in [2.75, 3.05) is 14.1 Å². The molecule has 1 aromatic carbocycles. The van der Waals surface area contributed by atoms with Crippen molar-refractivity contribution in [3.05, 3.63) is 78.2 Å². The van der Waals surface area contributed by atoms with Gasteiger partial charge in [-0.25, -0.2) is 15.0 Å². The van der Waals surface area contributed by atoms with E-state index in [9.17, 15) is 4.79 Å². The number of hydrogen-bond donors (Lipinski definition) is 1. The molecule has 3 aliphatic rings. The zero-order chi connectivity index (χ0) is 31.1. The molecular weight excluding hydrogens is 534 g/mol. The van der Waals surface area contributed by atoms with Crippen molar-refractivity contribution in [1.29, 1.82) is 0 Å². The van der Waals surface area contributed by atoms with Crippen molar-refractivity contribution in [1.82, 2.24) is 24.4 Å². The van der Waals surface area contributed by atoms with Crippen LogP contribution in [0, 0.1) is 11.8 Å². The largest absolute Gasteiger partial charge is 0.393 e. The Labute approximate surface area is 257 Å². The molecule has 7 heteroatoms. The second kappa shape index (κ2) is 14.8. The van der Waals surface area contributed by atoms with Crippen LogP contribution in [-0.2, 0) is 4.79 Å². The third-order valence-electron chi connectivity index (χ3n) is 8.83. The molecule has 7 nitrogen and oxygen atoms in total. The molecule has 0 spiro atoms. The number of aliphatic hydroxyl groups is 1. The monoisotopic (exact) mass is 583 g/mol. The lowest BCUT2D eigenvalue weighted by molar-refractivity contribution is -0.104. The van der Waals surface area contributed by atoms with E-state index in [1.165, 1.54) is 18.4 Å². The lowest BCUT2D eigenvalue weighted by Gasteiger charge is -2.30. The van der Waals surface area contributed by atoms with Crippen LogP contribution in [0.5, 0.6) is 0 Å². The average molecular weight is 584 g/mol. The summed E-state index contributed by atoms with van der Waals surface area (Å²) in [7, 11) is 4.19. The van der Waals surface area contributed by atoms with E-state index in [1.807, 2.05) is 45.3 Å². The normalized spacial score (nSPS) is 23.3. The molecule has 43 heavy (non-hydrogen) atoms. The predicted molar refractivity (Wildman–Crippen MR) is 176 cm³/mol. The van der Waals surface area contributed by atoms with E-state index in [2.05, 4.69) is 65.2 Å². The molecule has 6 rings (SSSR count). The Bertz CT molecular complexity index is 1440. The van der Waals surface area contributed by atoms with Crippen LogP contribution < -0.4 is 0 Å². The molecule has 2 fully saturated rings. The maximum absolute atomic E-state index is 12.2. The van der Waals surface area contributed by atoms with Crippen molar-refractivity contribution in [2.45, 2.75) is 90.8 Å². The van der Waals surface area contributed by atoms with Gasteiger partial charge in [-0.2, -0.15) is 0 Å². The Balaban J connectivity index is 0.000000364. The third kappa shape index (κ3) is 7.05. The minimum Gasteiger partial charge on any atom is -0.393 e. The molecule has 3 heterocycles. The number of carbonyl (C=O) groups excluding carboxylic acids is 1. The van der Waals surface area contributed by atoms with Gasteiger partial charge in [-0.05, 0) is 93.8 Å². The minimum atomic E-state index is 0.0182. The average Bonchev–Trinajstić information content (AvgIpc) is 3.69. The number of allylic oxidation sites excluding steroid dienone is 5. The van der Waals surface area contributed by atoms with E-state index in [-0.39, 0.29) is 18.2 Å². The number of imidazole rings is 1. The van der Waals surface area contributed by atoms with Crippen molar-refractivity contribution in [2.24, 2.45) is 11.8 Å². The van der Waals surface area contributed by atoms with Gasteiger partial charge in [0.25, 0.3) is 0 Å². The lowest BCUT2D eigenvalue weighted by atomic mass is 9.80. The molecule has 1 N–H and O–H groups in total. The second-order valence-electron chi connectivity index (χ2n) is 11.9. The van der Waals surface area contributed by atoms with Gasteiger partial charge in [0.2, 0.25) is 0 Å². The Morgan fingerprint density at radius 1 is 1.12 bits per heavy atom. The SMILES string of the molecule is C=C/C(=C(\C(C=O)=C/C)C1CC(N(C)C)c2nc3ccc(-c4cncnc4)cc3n21)C1CC1.CC.CCCC1CC(O)C1. The van der Waals surface area contributed by atoms with E-state index < -0.39 is 0 Å². The number of aldehydes is 1. The first kappa shape index (κ1) is 32.5. The zero-order valence-electron chi connectivity index (χ0n) is 26.8. The summed E-state index contributed by atoms with van der Waals surface area (Å²) >= 11 is 0. The second-order valence-corrected chi connectivity index (χ2v) is 11.9. The van der Waals surface area contributed by atoms with Crippen LogP contribution >= 0.6 is 0 Å². The summed E-state index contributed by atoms with van der Waals surface area (Å²) < 4.78 is 2.35. The van der Waals surface area contributed by atoms with Gasteiger partial charge in [-0.15, -0.1) is 0 Å². The van der Waals surface area contributed by atoms with Crippen LogP contribution in [0.2, 0.25) is 0 Å². The number of nitrogens with zero attached hydrogens (tertiary/aromatic N) is 5. The Morgan fingerprint density at radius 2 is 1.81 bits per heavy atom. The van der Waals surface area contributed by atoms with Gasteiger partial charge in [-0.1, -0.05) is 58.4 Å². The molecule has 0 bridgehead atoms. The number of benzene rings is 1. The summed E-state index contributed by atoms with van der Waals surface area (Å²) in [4.78, 5) is 27.8. The highest BCUT2D eigenvalue weighted by molar-refractivity contribution is 5.85. The van der Waals surface area contributed by atoms with Gasteiger partial charge in [0.15, 0.2) is 0 Å². The fourth-order valence-corrected chi connectivity index (χ4v) is 6.49. The highest BCUT2D eigenvalue weighted by Crippen LogP contribution is 2.49. The number of carbonyl (C=O) groups is 1. The van der Waals surface area contributed by atoms with Crippen molar-refractivity contribution in [3.63, 3.8) is 0 Å². The number of aliphatic hydroxyl groups excluding tert-OH is 1. The Morgan fingerprint density at radius 3 is 2.35 bits per heavy atom. The highest BCUT2D eigenvalue weighted by atomic mass is 16.3. The van der Waals surface area contributed by atoms with Crippen molar-refractivity contribution >= 4 is 17.3 Å². The molecular formula is C36H49N5O2. The molecule has 0 radical (unpaired) electrons. The molecule has 0 saturated heterocycles. The van der Waals surface area contributed by atoms with Gasteiger partial charge in [0.05, 0.1) is 29.2 Å². The molecule has 2 saturated carbocycles. The molecule has 3 aromatic rings. The first-order valence-electron chi connectivity index (χ1n) is 16.0. The van der Waals surface area contributed by atoms with Crippen LogP contribution in [-0.4, -0.2) is 56.0 Å². The number of fused-ring (bicyclic) bond motifs is 3. The third-order valence-corrected chi connectivity index (χ3v) is 8.83. The highest BCUT2D eigenvalue weighted by Gasteiger charge is 2.40. The molecule has 2 atom stereocenters. The first-order valence-corrected chi connectivity index (χ1v) is 16.0. The fourth-order valence-electron chi connectivity index (χ4n) is 6.49. The maximum atomic E-state index is 12.2. The predicted octanol–water partition coefficient (Wildman–Crippen LogP) is 7.66. The first-order chi connectivity index (χ1) is 20.9. The summed E-state index contributed by atoms with van der Waals surface area (Å²) in [5.41, 5.74) is 7.11. The minimum absolute atomic E-state index is 0.0182. The summed E-state index contributed by atoms with van der Waals surface area (Å²) in [5, 5.41) is 8.84. The van der Waals surface area contributed by atoms with E-state index in [0.29, 0.717) is 5.92 Å².